The zero-order valence-electron chi connectivity index (χ0n) is 19.3. The predicted octanol–water partition coefficient (Wildman–Crippen LogP) is 1.57. The minimum absolute atomic E-state index is 0. The summed E-state index contributed by atoms with van der Waals surface area (Å²) in [5.74, 6) is 1.93. The molecular weight excluding hydrogens is 450 g/mol. The molecule has 34 heavy (non-hydrogen) atoms. The van der Waals surface area contributed by atoms with Gasteiger partial charge in [0.05, 0.1) is 13.1 Å². The zero-order valence-corrected chi connectivity index (χ0v) is 20.0. The maximum atomic E-state index is 10.0. The molecule has 2 aliphatic heterocycles. The number of quaternary nitrogens is 1. The first-order valence-corrected chi connectivity index (χ1v) is 11.6. The summed E-state index contributed by atoms with van der Waals surface area (Å²) in [7, 11) is 0. The summed E-state index contributed by atoms with van der Waals surface area (Å²) in [5, 5.41) is 19.8. The Morgan fingerprint density at radius 2 is 1.56 bits per heavy atom. The number of likely N-dealkylation sites (tertiary alicyclic amines) is 1. The number of phenols is 2. The molecule has 2 heterocycles. The molecule has 0 spiro atoms. The Bertz CT molecular complexity index is 1150. The molecule has 178 valence electrons. The van der Waals surface area contributed by atoms with Gasteiger partial charge in [-0.3, -0.25) is 0 Å². The number of hydrogen-bond donors (Lipinski definition) is 3. The molecule has 3 aromatic carbocycles. The molecule has 0 radical (unpaired) electrons. The summed E-state index contributed by atoms with van der Waals surface area (Å²) in [6.07, 6.45) is 3.54. The summed E-state index contributed by atoms with van der Waals surface area (Å²) >= 11 is 0. The number of piperidine rings is 1. The molecule has 0 aromatic heterocycles. The van der Waals surface area contributed by atoms with E-state index in [9.17, 15) is 10.2 Å². The van der Waals surface area contributed by atoms with Crippen molar-refractivity contribution in [2.24, 2.45) is 0 Å². The number of ether oxygens (including phenoxy) is 2. The van der Waals surface area contributed by atoms with Crippen LogP contribution in [0.5, 0.6) is 23.0 Å². The molecule has 0 saturated carbocycles. The molecule has 0 amide bonds. The molecule has 0 aliphatic carbocycles. The van der Waals surface area contributed by atoms with Gasteiger partial charge in [-0.05, 0) is 79.3 Å². The van der Waals surface area contributed by atoms with Gasteiger partial charge in [-0.1, -0.05) is 24.3 Å². The first-order chi connectivity index (χ1) is 16.1. The highest BCUT2D eigenvalue weighted by molar-refractivity contribution is 5.95. The minimum atomic E-state index is -0.342. The van der Waals surface area contributed by atoms with Gasteiger partial charge in [0.25, 0.3) is 0 Å². The highest BCUT2D eigenvalue weighted by Crippen LogP contribution is 2.47. The van der Waals surface area contributed by atoms with Crippen LogP contribution in [0.4, 0.5) is 0 Å². The van der Waals surface area contributed by atoms with E-state index in [0.29, 0.717) is 12.5 Å². The van der Waals surface area contributed by atoms with Gasteiger partial charge in [0.2, 0.25) is 6.73 Å². The molecule has 1 atom stereocenters. The predicted molar refractivity (Wildman–Crippen MR) is 129 cm³/mol. The van der Waals surface area contributed by atoms with Crippen molar-refractivity contribution in [1.82, 2.24) is 0 Å². The average Bonchev–Trinajstić information content (AvgIpc) is 2.84. The maximum absolute atomic E-state index is 10.0. The van der Waals surface area contributed by atoms with Gasteiger partial charge in [-0.25, -0.2) is 0 Å². The molecule has 0 unspecified atom stereocenters. The second-order valence-corrected chi connectivity index (χ2v) is 8.93. The first kappa shape index (κ1) is 24.0. The lowest BCUT2D eigenvalue weighted by atomic mass is 9.86. The van der Waals surface area contributed by atoms with E-state index in [0.717, 1.165) is 33.6 Å². The van der Waals surface area contributed by atoms with Gasteiger partial charge in [-0.2, -0.15) is 0 Å². The van der Waals surface area contributed by atoms with Crippen LogP contribution in [0.2, 0.25) is 0 Å². The molecule has 3 N–H and O–H groups in total. The summed E-state index contributed by atoms with van der Waals surface area (Å²) in [6.45, 7) is 5.14. The number of halogens is 1. The quantitative estimate of drug-likeness (QED) is 0.520. The van der Waals surface area contributed by atoms with Crippen LogP contribution in [0.25, 0.3) is 11.1 Å². The molecule has 3 aromatic rings. The largest absolute Gasteiger partial charge is 1.00 e. The average molecular weight is 480 g/mol. The number of fused-ring (bicyclic) bond motifs is 1. The van der Waals surface area contributed by atoms with Gasteiger partial charge in [0.1, 0.15) is 29.1 Å². The Morgan fingerprint density at radius 1 is 0.882 bits per heavy atom. The van der Waals surface area contributed by atoms with E-state index in [1.54, 1.807) is 24.3 Å². The van der Waals surface area contributed by atoms with Crippen LogP contribution >= 0.6 is 0 Å². The Hall–Kier alpha value is -3.15. The Balaban J connectivity index is 0.00000274. The van der Waals surface area contributed by atoms with Crippen LogP contribution in [-0.4, -0.2) is 30.0 Å². The van der Waals surface area contributed by atoms with Crippen molar-refractivity contribution in [1.29, 1.82) is 0 Å². The van der Waals surface area contributed by atoms with Gasteiger partial charge in [0.15, 0.2) is 0 Å². The van der Waals surface area contributed by atoms with Crippen LogP contribution in [0.3, 0.4) is 0 Å². The van der Waals surface area contributed by atoms with E-state index in [1.165, 1.54) is 37.3 Å². The van der Waals surface area contributed by atoms with Gasteiger partial charge in [0, 0.05) is 17.2 Å². The summed E-state index contributed by atoms with van der Waals surface area (Å²) in [6, 6.07) is 20.5. The molecular formula is C28H30ClNO4. The van der Waals surface area contributed by atoms with Crippen molar-refractivity contribution in [3.8, 4) is 23.0 Å². The summed E-state index contributed by atoms with van der Waals surface area (Å²) in [4.78, 5) is 1.51. The lowest BCUT2D eigenvalue weighted by molar-refractivity contribution is -0.920. The number of nitrogens with one attached hydrogen (secondary N) is 1. The van der Waals surface area contributed by atoms with Gasteiger partial charge < -0.3 is 37.0 Å². The van der Waals surface area contributed by atoms with Crippen molar-refractivity contribution in [2.45, 2.75) is 32.3 Å². The maximum Gasteiger partial charge on any atom is 0.222 e. The smallest absolute Gasteiger partial charge is 0.222 e. The number of allylic oxidation sites excluding steroid dienone is 1. The number of aromatic hydroxyl groups is 2. The molecule has 1 saturated heterocycles. The van der Waals surface area contributed by atoms with Crippen LogP contribution in [-0.2, 0) is 0 Å². The molecule has 5 nitrogen and oxygen atoms in total. The molecule has 6 heteroatoms. The Kier molecular flexibility index (Phi) is 7.35. The van der Waals surface area contributed by atoms with Crippen LogP contribution in [0.15, 0.2) is 66.7 Å². The fraction of sp³-hybridized carbons (Fsp3) is 0.286. The normalized spacial score (nSPS) is 18.0. The van der Waals surface area contributed by atoms with Crippen LogP contribution in [0, 0.1) is 0 Å². The SMILES string of the molecule is CC1=C(c2ccc(O)cc2)[C@H](c2ccc(OC[NH+]3CCCCC3)cc2)Oc2cc(O)ccc21.[Cl-]. The van der Waals surface area contributed by atoms with E-state index in [1.807, 2.05) is 42.5 Å². The van der Waals surface area contributed by atoms with Crippen molar-refractivity contribution in [2.75, 3.05) is 19.8 Å². The molecule has 5 rings (SSSR count). The monoisotopic (exact) mass is 479 g/mol. The van der Waals surface area contributed by atoms with Crippen molar-refractivity contribution >= 4 is 11.1 Å². The Morgan fingerprint density at radius 3 is 2.26 bits per heavy atom. The number of rotatable bonds is 5. The van der Waals surface area contributed by atoms with E-state index in [4.69, 9.17) is 9.47 Å². The van der Waals surface area contributed by atoms with Crippen molar-refractivity contribution < 1.29 is 37.0 Å². The van der Waals surface area contributed by atoms with Gasteiger partial charge >= 0.3 is 0 Å². The van der Waals surface area contributed by atoms with E-state index in [2.05, 4.69) is 6.92 Å². The third kappa shape index (κ3) is 5.01. The number of benzene rings is 3. The van der Waals surface area contributed by atoms with Crippen molar-refractivity contribution in [3.63, 3.8) is 0 Å². The van der Waals surface area contributed by atoms with E-state index >= 15 is 0 Å². The van der Waals surface area contributed by atoms with Crippen molar-refractivity contribution in [3.05, 3.63) is 83.4 Å². The third-order valence-electron chi connectivity index (χ3n) is 6.64. The van der Waals surface area contributed by atoms with Gasteiger partial charge in [-0.15, -0.1) is 0 Å². The minimum Gasteiger partial charge on any atom is -1.00 e. The highest BCUT2D eigenvalue weighted by atomic mass is 35.5. The Labute approximate surface area is 206 Å². The molecule has 1 fully saturated rings. The lowest BCUT2D eigenvalue weighted by Gasteiger charge is -2.31. The highest BCUT2D eigenvalue weighted by Gasteiger charge is 2.29. The van der Waals surface area contributed by atoms with E-state index in [-0.39, 0.29) is 30.0 Å². The number of phenolic OH excluding ortho intramolecular Hbond substituents is 2. The fourth-order valence-corrected chi connectivity index (χ4v) is 4.81. The summed E-state index contributed by atoms with van der Waals surface area (Å²) in [5.41, 5.74) is 5.07. The molecule has 0 bridgehead atoms. The molecule has 2 aliphatic rings. The first-order valence-electron chi connectivity index (χ1n) is 11.6. The third-order valence-corrected chi connectivity index (χ3v) is 6.64. The topological polar surface area (TPSA) is 63.4 Å². The van der Waals surface area contributed by atoms with Crippen LogP contribution < -0.4 is 26.8 Å². The number of hydrogen-bond acceptors (Lipinski definition) is 4. The zero-order chi connectivity index (χ0) is 22.8. The standard InChI is InChI=1S/C28H29NO4.ClH/c1-19-25-14-11-23(31)17-26(25)33-28(27(19)20-5-9-22(30)10-6-20)21-7-12-24(13-8-21)32-18-29-15-3-2-4-16-29;/h5-14,17,28,30-31H,2-4,15-16,18H2,1H3;1H/t28-;/m0./s1. The lowest BCUT2D eigenvalue weighted by Crippen LogP contribution is -3.13. The van der Waals surface area contributed by atoms with E-state index < -0.39 is 0 Å². The second kappa shape index (κ2) is 10.4. The fourth-order valence-electron chi connectivity index (χ4n) is 4.81. The second-order valence-electron chi connectivity index (χ2n) is 8.93. The van der Waals surface area contributed by atoms with Crippen LogP contribution in [0.1, 0.15) is 49.0 Å². The summed E-state index contributed by atoms with van der Waals surface area (Å²) < 4.78 is 12.5.